The average Bonchev–Trinajstić information content (AvgIpc) is 3.10. The number of likely N-dealkylation sites (N-methyl/N-ethyl adjacent to an activating group) is 1. The van der Waals surface area contributed by atoms with E-state index in [1.54, 1.807) is 0 Å². The van der Waals surface area contributed by atoms with Crippen LogP contribution >= 0.6 is 0 Å². The molecule has 4 nitrogen and oxygen atoms in total. The predicted molar refractivity (Wildman–Crippen MR) is 117 cm³/mol. The monoisotopic (exact) mass is 400 g/mol. The number of nitrogens with zero attached hydrogens (tertiary/aromatic N) is 2. The van der Waals surface area contributed by atoms with Crippen molar-refractivity contribution in [3.05, 3.63) is 77.1 Å². The maximum absolute atomic E-state index is 13.4. The first-order valence-electron chi connectivity index (χ1n) is 10.7. The fourth-order valence-corrected chi connectivity index (χ4v) is 5.59. The first-order chi connectivity index (χ1) is 14.2. The van der Waals surface area contributed by atoms with E-state index in [4.69, 9.17) is 0 Å². The smallest absolute Gasteiger partial charge is 0.0487 e. The first kappa shape index (κ1) is 19.4. The number of fused-ring (bicyclic) bond motifs is 2. The molecule has 30 heavy (non-hydrogen) atoms. The number of allylic oxidation sites excluding steroid dienone is 1. The molecule has 0 amide bonds. The van der Waals surface area contributed by atoms with Crippen LogP contribution in [-0.2, 0) is 5.41 Å². The maximum Gasteiger partial charge on any atom is 0.0487 e. The highest BCUT2D eigenvalue weighted by Gasteiger charge is 2.43. The van der Waals surface area contributed by atoms with Crippen LogP contribution in [0.1, 0.15) is 36.7 Å². The van der Waals surface area contributed by atoms with Gasteiger partial charge in [0.25, 0.3) is 0 Å². The predicted octanol–water partition coefficient (Wildman–Crippen LogP) is 3.20. The second-order valence-electron chi connectivity index (χ2n) is 9.35. The van der Waals surface area contributed by atoms with Crippen LogP contribution in [0.3, 0.4) is 0 Å². The van der Waals surface area contributed by atoms with Gasteiger partial charge in [0.1, 0.15) is 0 Å². The van der Waals surface area contributed by atoms with Gasteiger partial charge < -0.3 is 19.7 Å². The van der Waals surface area contributed by atoms with Crippen LogP contribution in [-0.4, -0.2) is 23.8 Å². The van der Waals surface area contributed by atoms with Gasteiger partial charge in [-0.3, -0.25) is 0 Å². The Kier molecular flexibility index (Phi) is 4.18. The zero-order valence-corrected chi connectivity index (χ0v) is 18.2. The second-order valence-corrected chi connectivity index (χ2v) is 9.35. The highest BCUT2D eigenvalue weighted by molar-refractivity contribution is 5.85. The van der Waals surface area contributed by atoms with Gasteiger partial charge in [-0.15, -0.1) is 12.2 Å². The molecule has 2 heterocycles. The first-order valence-corrected chi connectivity index (χ1v) is 10.7. The molecule has 1 saturated carbocycles. The Morgan fingerprint density at radius 2 is 1.57 bits per heavy atom. The molecule has 1 aliphatic carbocycles. The number of para-hydroxylation sites is 2. The normalized spacial score (nSPS) is 28.8. The Hall–Kier alpha value is -2.56. The molecule has 2 aromatic carbocycles. The van der Waals surface area contributed by atoms with Crippen LogP contribution < -0.4 is 15.1 Å². The van der Waals surface area contributed by atoms with Gasteiger partial charge in [-0.2, -0.15) is 0 Å². The van der Waals surface area contributed by atoms with Crippen molar-refractivity contribution in [2.75, 3.05) is 11.9 Å². The van der Waals surface area contributed by atoms with Gasteiger partial charge >= 0.3 is 0 Å². The van der Waals surface area contributed by atoms with Crippen LogP contribution in [0.5, 0.6) is 0 Å². The number of rotatable bonds is 2. The second kappa shape index (κ2) is 6.47. The summed E-state index contributed by atoms with van der Waals surface area (Å²) in [6.45, 7) is 8.43. The molecule has 0 saturated heterocycles. The van der Waals surface area contributed by atoms with Gasteiger partial charge in [0.15, 0.2) is 0 Å². The summed E-state index contributed by atoms with van der Waals surface area (Å²) in [5.74, 6) is -0.512. The van der Waals surface area contributed by atoms with Crippen molar-refractivity contribution in [3.8, 4) is 0 Å². The van der Waals surface area contributed by atoms with Crippen molar-refractivity contribution in [3.63, 3.8) is 0 Å². The van der Waals surface area contributed by atoms with Gasteiger partial charge in [-0.25, -0.2) is 0 Å². The third kappa shape index (κ3) is 2.41. The third-order valence-electron chi connectivity index (χ3n) is 7.49. The Labute approximate surface area is 178 Å². The molecule has 1 fully saturated rings. The average molecular weight is 401 g/mol. The minimum Gasteiger partial charge on any atom is -0.850 e. The number of hydrogen-bond donors (Lipinski definition) is 0. The van der Waals surface area contributed by atoms with Crippen molar-refractivity contribution < 1.29 is 10.2 Å². The van der Waals surface area contributed by atoms with Gasteiger partial charge in [0.2, 0.25) is 0 Å². The fourth-order valence-electron chi connectivity index (χ4n) is 5.59. The van der Waals surface area contributed by atoms with E-state index in [-0.39, 0.29) is 5.41 Å². The summed E-state index contributed by atoms with van der Waals surface area (Å²) in [6.07, 6.45) is 0.0864. The number of aryl methyl sites for hydroxylation is 1. The molecule has 3 aromatic rings. The molecule has 1 aliphatic heterocycles. The highest BCUT2D eigenvalue weighted by Crippen LogP contribution is 2.49. The highest BCUT2D eigenvalue weighted by atomic mass is 16.3. The molecule has 0 bridgehead atoms. The lowest BCUT2D eigenvalue weighted by atomic mass is 9.71. The molecule has 0 radical (unpaired) electrons. The number of benzene rings is 2. The van der Waals surface area contributed by atoms with Crippen LogP contribution in [0.4, 0.5) is 5.69 Å². The van der Waals surface area contributed by atoms with E-state index in [2.05, 4.69) is 43.9 Å². The molecule has 156 valence electrons. The van der Waals surface area contributed by atoms with Crippen LogP contribution in [0.25, 0.3) is 10.9 Å². The topological polar surface area (TPSA) is 54.3 Å². The summed E-state index contributed by atoms with van der Waals surface area (Å²) in [6, 6.07) is 15.8. The van der Waals surface area contributed by atoms with E-state index in [9.17, 15) is 10.2 Å². The quantitative estimate of drug-likeness (QED) is 0.664. The molecule has 4 heteroatoms. The Morgan fingerprint density at radius 3 is 2.27 bits per heavy atom. The van der Waals surface area contributed by atoms with E-state index < -0.39 is 24.2 Å². The molecule has 5 rings (SSSR count). The van der Waals surface area contributed by atoms with E-state index >= 15 is 0 Å². The lowest BCUT2D eigenvalue weighted by molar-refractivity contribution is -0.550. The zero-order chi connectivity index (χ0) is 21.4. The largest absolute Gasteiger partial charge is 0.850 e. The minimum atomic E-state index is -0.943. The van der Waals surface area contributed by atoms with E-state index in [0.717, 1.165) is 33.5 Å². The molecule has 2 unspecified atom stereocenters. The summed E-state index contributed by atoms with van der Waals surface area (Å²) in [7, 11) is 2.03. The standard InChI is InChI=1S/C26H28N2O2/c1-15-16(2)28(20-12-8-6-10-17(15)20)23-24(29)18(25(23)30)14-22-26(3,4)19-11-7-9-13-21(19)27(22)5/h6-14,18,23-25H,1-5H3/q-2. The van der Waals surface area contributed by atoms with Crippen molar-refractivity contribution in [1.29, 1.82) is 0 Å². The molecule has 0 N–H and O–H groups in total. The van der Waals surface area contributed by atoms with Crippen molar-refractivity contribution in [2.45, 2.75) is 51.4 Å². The van der Waals surface area contributed by atoms with Crippen LogP contribution in [0, 0.1) is 19.8 Å². The van der Waals surface area contributed by atoms with Gasteiger partial charge in [-0.1, -0.05) is 56.3 Å². The van der Waals surface area contributed by atoms with Crippen LogP contribution in [0.2, 0.25) is 0 Å². The molecule has 0 spiro atoms. The fraction of sp³-hybridized carbons (Fsp3) is 0.385. The Balaban J connectivity index is 1.52. The van der Waals surface area contributed by atoms with Crippen molar-refractivity contribution in [2.24, 2.45) is 5.92 Å². The molecular weight excluding hydrogens is 372 g/mol. The van der Waals surface area contributed by atoms with Crippen molar-refractivity contribution >= 4 is 16.6 Å². The summed E-state index contributed by atoms with van der Waals surface area (Å²) in [5.41, 5.74) is 6.40. The van der Waals surface area contributed by atoms with Crippen molar-refractivity contribution in [1.82, 2.24) is 4.57 Å². The van der Waals surface area contributed by atoms with E-state index in [0.29, 0.717) is 0 Å². The summed E-state index contributed by atoms with van der Waals surface area (Å²) in [5, 5.41) is 27.8. The molecular formula is C26H28N2O2-2. The van der Waals surface area contributed by atoms with E-state index in [1.807, 2.05) is 54.9 Å². The lowest BCUT2D eigenvalue weighted by Gasteiger charge is -2.61. The summed E-state index contributed by atoms with van der Waals surface area (Å²) >= 11 is 0. The van der Waals surface area contributed by atoms with Gasteiger partial charge in [0.05, 0.1) is 0 Å². The molecule has 1 aromatic heterocycles. The third-order valence-corrected chi connectivity index (χ3v) is 7.49. The molecule has 2 atom stereocenters. The SMILES string of the molecule is Cc1c(C)n(C2C([O-])C(C=C3N(C)c4ccccc4C3(C)C)C2[O-])c2ccccc12. The Morgan fingerprint density at radius 1 is 0.933 bits per heavy atom. The summed E-state index contributed by atoms with van der Waals surface area (Å²) in [4.78, 5) is 2.14. The van der Waals surface area contributed by atoms with E-state index in [1.165, 1.54) is 5.56 Å². The van der Waals surface area contributed by atoms with Gasteiger partial charge in [-0.05, 0) is 43.0 Å². The summed E-state index contributed by atoms with van der Waals surface area (Å²) < 4.78 is 2.01. The maximum atomic E-state index is 13.4. The number of anilines is 1. The van der Waals surface area contributed by atoms with Crippen LogP contribution in [0.15, 0.2) is 60.3 Å². The zero-order valence-electron chi connectivity index (χ0n) is 18.2. The number of hydrogen-bond acceptors (Lipinski definition) is 3. The number of aromatic nitrogens is 1. The lowest BCUT2D eigenvalue weighted by Crippen LogP contribution is -2.66. The minimum absolute atomic E-state index is 0.220. The molecule has 2 aliphatic rings. The van der Waals surface area contributed by atoms with Gasteiger partial charge in [0, 0.05) is 46.5 Å². The Bertz CT molecular complexity index is 1160.